The number of rotatable bonds is 7. The maximum Gasteiger partial charge on any atom is 0.258 e. The number of amides is 1. The van der Waals surface area contributed by atoms with Gasteiger partial charge < -0.3 is 14.6 Å². The lowest BCUT2D eigenvalue weighted by atomic mass is 10.1. The second-order valence-corrected chi connectivity index (χ2v) is 8.97. The third-order valence-corrected chi connectivity index (χ3v) is 5.88. The van der Waals surface area contributed by atoms with Gasteiger partial charge in [0, 0.05) is 27.7 Å². The fraction of sp³-hybridized carbons (Fsp3) is 0.120. The average molecular weight is 541 g/mol. The number of nitrogens with one attached hydrogen (secondary N) is 3. The maximum atomic E-state index is 12.8. The zero-order valence-electron chi connectivity index (χ0n) is 19.2. The molecule has 3 aromatic carbocycles. The molecule has 4 aromatic rings. The summed E-state index contributed by atoms with van der Waals surface area (Å²) in [6, 6.07) is 21.9. The Hall–Kier alpha value is -3.66. The van der Waals surface area contributed by atoms with Crippen molar-refractivity contribution in [1.82, 2.24) is 25.6 Å². The van der Waals surface area contributed by atoms with Gasteiger partial charge in [-0.05, 0) is 78.4 Å². The molecule has 0 aliphatic carbocycles. The van der Waals surface area contributed by atoms with Crippen molar-refractivity contribution in [3.05, 3.63) is 94.2 Å². The zero-order chi connectivity index (χ0) is 25.5. The molecule has 184 valence electrons. The van der Waals surface area contributed by atoms with Crippen LogP contribution in [-0.2, 0) is 17.8 Å². The van der Waals surface area contributed by atoms with Gasteiger partial charge in [-0.15, -0.1) is 10.2 Å². The lowest BCUT2D eigenvalue weighted by Crippen LogP contribution is -2.45. The number of anilines is 1. The first-order valence-electron chi connectivity index (χ1n) is 10.8. The van der Waals surface area contributed by atoms with Crippen LogP contribution in [0.2, 0.25) is 10.0 Å². The van der Waals surface area contributed by atoms with Gasteiger partial charge in [0.15, 0.2) is 10.9 Å². The summed E-state index contributed by atoms with van der Waals surface area (Å²) < 4.78 is 6.99. The Morgan fingerprint density at radius 2 is 1.56 bits per heavy atom. The van der Waals surface area contributed by atoms with Crippen molar-refractivity contribution in [2.45, 2.75) is 13.0 Å². The summed E-state index contributed by atoms with van der Waals surface area (Å²) in [5.41, 5.74) is 7.84. The minimum absolute atomic E-state index is 0.0347. The van der Waals surface area contributed by atoms with E-state index in [1.54, 1.807) is 48.1 Å². The van der Waals surface area contributed by atoms with Crippen molar-refractivity contribution in [3.8, 4) is 17.1 Å². The molecule has 1 amide bonds. The molecule has 0 fully saturated rings. The number of carbonyl (C=O) groups excluding carboxylic acids is 1. The van der Waals surface area contributed by atoms with Gasteiger partial charge in [0.25, 0.3) is 5.91 Å². The molecule has 3 N–H and O–H groups in total. The lowest BCUT2D eigenvalue weighted by Gasteiger charge is -2.14. The molecule has 0 saturated carbocycles. The van der Waals surface area contributed by atoms with Gasteiger partial charge in [-0.3, -0.25) is 15.6 Å². The van der Waals surface area contributed by atoms with Crippen LogP contribution >= 0.6 is 35.4 Å². The highest BCUT2D eigenvalue weighted by Gasteiger charge is 2.17. The molecule has 0 spiro atoms. The Balaban J connectivity index is 1.48. The Kier molecular flexibility index (Phi) is 8.37. The predicted octanol–water partition coefficient (Wildman–Crippen LogP) is 4.87. The van der Waals surface area contributed by atoms with Crippen molar-refractivity contribution in [2.75, 3.05) is 12.4 Å². The van der Waals surface area contributed by atoms with Crippen LogP contribution in [0.3, 0.4) is 0 Å². The van der Waals surface area contributed by atoms with E-state index < -0.39 is 0 Å². The highest BCUT2D eigenvalue weighted by molar-refractivity contribution is 7.80. The normalized spacial score (nSPS) is 10.5. The van der Waals surface area contributed by atoms with E-state index in [2.05, 4.69) is 26.4 Å². The van der Waals surface area contributed by atoms with Crippen molar-refractivity contribution in [3.63, 3.8) is 0 Å². The maximum absolute atomic E-state index is 12.8. The number of nitrogens with zero attached hydrogens (tertiary/aromatic N) is 3. The first-order valence-corrected chi connectivity index (χ1v) is 12.0. The monoisotopic (exact) mass is 540 g/mol. The number of ether oxygens (including phenoxy) is 1. The van der Waals surface area contributed by atoms with Crippen LogP contribution in [0.25, 0.3) is 11.4 Å². The molecule has 0 unspecified atom stereocenters. The van der Waals surface area contributed by atoms with E-state index in [9.17, 15) is 4.79 Å². The first-order chi connectivity index (χ1) is 17.4. The number of carbonyl (C=O) groups is 1. The van der Waals surface area contributed by atoms with E-state index in [0.717, 1.165) is 22.6 Å². The minimum Gasteiger partial charge on any atom is -0.497 e. The summed E-state index contributed by atoms with van der Waals surface area (Å²) in [7, 11) is 1.62. The average Bonchev–Trinajstić information content (AvgIpc) is 3.26. The molecule has 36 heavy (non-hydrogen) atoms. The lowest BCUT2D eigenvalue weighted by molar-refractivity contribution is -0.122. The molecular weight excluding hydrogens is 519 g/mol. The van der Waals surface area contributed by atoms with E-state index in [1.165, 1.54) is 0 Å². The fourth-order valence-electron chi connectivity index (χ4n) is 3.38. The number of halogens is 2. The molecular formula is C25H22Cl2N6O2S. The highest BCUT2D eigenvalue weighted by Crippen LogP contribution is 2.22. The number of aromatic nitrogens is 3. The van der Waals surface area contributed by atoms with E-state index in [-0.39, 0.29) is 17.6 Å². The smallest absolute Gasteiger partial charge is 0.258 e. The molecule has 0 atom stereocenters. The Bertz CT molecular complexity index is 1340. The molecule has 4 rings (SSSR count). The van der Waals surface area contributed by atoms with E-state index in [1.807, 2.05) is 36.4 Å². The van der Waals surface area contributed by atoms with Crippen LogP contribution in [-0.4, -0.2) is 32.9 Å². The van der Waals surface area contributed by atoms with Crippen LogP contribution in [0.5, 0.6) is 5.75 Å². The van der Waals surface area contributed by atoms with Crippen molar-refractivity contribution < 1.29 is 9.53 Å². The number of hydrogen-bond acceptors (Lipinski definition) is 5. The molecule has 1 aromatic heterocycles. The van der Waals surface area contributed by atoms with Crippen molar-refractivity contribution in [1.29, 1.82) is 0 Å². The summed E-state index contributed by atoms with van der Waals surface area (Å²) in [5.74, 6) is 1.60. The summed E-state index contributed by atoms with van der Waals surface area (Å²) in [6.07, 6.45) is 0.474. The highest BCUT2D eigenvalue weighted by atomic mass is 35.5. The Morgan fingerprint density at radius 1 is 0.917 bits per heavy atom. The summed E-state index contributed by atoms with van der Waals surface area (Å²) in [6.45, 7) is -0.0347. The molecule has 0 aliphatic rings. The topological polar surface area (TPSA) is 93.1 Å². The third kappa shape index (κ3) is 6.72. The summed E-state index contributed by atoms with van der Waals surface area (Å²) in [5, 5.41) is 13.1. The van der Waals surface area contributed by atoms with E-state index in [4.69, 9.17) is 40.2 Å². The second-order valence-electron chi connectivity index (χ2n) is 7.69. The van der Waals surface area contributed by atoms with Gasteiger partial charge in [-0.25, -0.2) is 0 Å². The fourth-order valence-corrected chi connectivity index (χ4v) is 3.80. The van der Waals surface area contributed by atoms with Crippen LogP contribution in [0.4, 0.5) is 5.69 Å². The summed E-state index contributed by atoms with van der Waals surface area (Å²) in [4.78, 5) is 12.8. The first kappa shape index (κ1) is 25.4. The zero-order valence-corrected chi connectivity index (χ0v) is 21.5. The molecule has 1 heterocycles. The molecule has 8 nitrogen and oxygen atoms in total. The molecule has 0 bridgehead atoms. The van der Waals surface area contributed by atoms with Gasteiger partial charge >= 0.3 is 0 Å². The second kappa shape index (κ2) is 11.9. The molecule has 0 radical (unpaired) electrons. The largest absolute Gasteiger partial charge is 0.497 e. The summed E-state index contributed by atoms with van der Waals surface area (Å²) >= 11 is 17.2. The number of hydrazine groups is 1. The van der Waals surface area contributed by atoms with Gasteiger partial charge in [0.1, 0.15) is 18.1 Å². The van der Waals surface area contributed by atoms with E-state index >= 15 is 0 Å². The van der Waals surface area contributed by atoms with Crippen molar-refractivity contribution >= 4 is 52.1 Å². The number of thiocarbonyl (C=S) groups is 1. The molecule has 0 aliphatic heterocycles. The van der Waals surface area contributed by atoms with Gasteiger partial charge in [-0.1, -0.05) is 35.3 Å². The predicted molar refractivity (Wildman–Crippen MR) is 145 cm³/mol. The SMILES string of the molecule is COc1ccc(Cc2nnc(-c3ccc(Cl)cc3)n2CC(=O)NNC(=S)Nc2ccc(Cl)cc2)cc1. The van der Waals surface area contributed by atoms with Crippen LogP contribution in [0, 0.1) is 0 Å². The van der Waals surface area contributed by atoms with Crippen LogP contribution in [0.15, 0.2) is 72.8 Å². The number of methoxy groups -OCH3 is 1. The minimum atomic E-state index is -0.332. The number of benzene rings is 3. The van der Waals surface area contributed by atoms with Gasteiger partial charge in [-0.2, -0.15) is 0 Å². The van der Waals surface area contributed by atoms with Crippen molar-refractivity contribution in [2.24, 2.45) is 0 Å². The van der Waals surface area contributed by atoms with Gasteiger partial charge in [0.05, 0.1) is 7.11 Å². The quantitative estimate of drug-likeness (QED) is 0.227. The number of hydrogen-bond donors (Lipinski definition) is 3. The van der Waals surface area contributed by atoms with Gasteiger partial charge in [0.2, 0.25) is 0 Å². The standard InChI is InChI=1S/C25H22Cl2N6O2S/c1-35-21-12-2-16(3-13-21)14-22-29-31-24(17-4-6-18(26)7-5-17)33(22)15-23(34)30-32-25(36)28-20-10-8-19(27)9-11-20/h2-13H,14-15H2,1H3,(H,30,34)(H2,28,32,36). The Morgan fingerprint density at radius 3 is 2.19 bits per heavy atom. The molecule has 0 saturated heterocycles. The molecule has 11 heteroatoms. The van der Waals surface area contributed by atoms with Crippen LogP contribution < -0.4 is 20.9 Å². The third-order valence-electron chi connectivity index (χ3n) is 5.17. The Labute approximate surface area is 223 Å². The van der Waals surface area contributed by atoms with E-state index in [0.29, 0.717) is 28.1 Å². The van der Waals surface area contributed by atoms with Crippen LogP contribution in [0.1, 0.15) is 11.4 Å².